The predicted octanol–water partition coefficient (Wildman–Crippen LogP) is 14.4. The molecule has 2 nitrogen and oxygen atoms in total. The third-order valence-electron chi connectivity index (χ3n) is 14.1. The summed E-state index contributed by atoms with van der Waals surface area (Å²) < 4.78 is 0. The first-order chi connectivity index (χ1) is 29.7. The largest absolute Gasteiger partial charge is 0.311 e. The van der Waals surface area contributed by atoms with Crippen LogP contribution in [0.3, 0.4) is 0 Å². The van der Waals surface area contributed by atoms with Gasteiger partial charge in [0.2, 0.25) is 0 Å². The van der Waals surface area contributed by atoms with Crippen molar-refractivity contribution in [2.24, 2.45) is 5.41 Å². The van der Waals surface area contributed by atoms with Crippen LogP contribution in [0.2, 0.25) is 0 Å². The Labute approximate surface area is 378 Å². The summed E-state index contributed by atoms with van der Waals surface area (Å²) >= 11 is 0. The molecule has 1 aliphatic carbocycles. The van der Waals surface area contributed by atoms with Crippen LogP contribution in [0.5, 0.6) is 0 Å². The molecule has 0 radical (unpaired) electrons. The van der Waals surface area contributed by atoms with E-state index < -0.39 is 0 Å². The zero-order valence-corrected chi connectivity index (χ0v) is 39.7. The number of fused-ring (bicyclic) bond motifs is 5. The van der Waals surface area contributed by atoms with E-state index in [1.807, 2.05) is 0 Å². The highest BCUT2D eigenvalue weighted by molar-refractivity contribution is 7.00. The second kappa shape index (κ2) is 14.4. The van der Waals surface area contributed by atoms with Crippen molar-refractivity contribution in [2.45, 2.75) is 112 Å². The van der Waals surface area contributed by atoms with E-state index in [0.29, 0.717) is 0 Å². The molecule has 3 aliphatic rings. The second-order valence-corrected chi connectivity index (χ2v) is 22.8. The Hall–Kier alpha value is -5.80. The van der Waals surface area contributed by atoms with Crippen molar-refractivity contribution in [3.05, 3.63) is 173 Å². The van der Waals surface area contributed by atoms with Crippen LogP contribution < -0.4 is 26.2 Å². The number of hydrogen-bond donors (Lipinski definition) is 0. The zero-order valence-electron chi connectivity index (χ0n) is 39.7. The van der Waals surface area contributed by atoms with E-state index in [4.69, 9.17) is 0 Å². The van der Waals surface area contributed by atoms with E-state index in [-0.39, 0.29) is 28.4 Å². The lowest BCUT2D eigenvalue weighted by Crippen LogP contribution is -2.61. The van der Waals surface area contributed by atoms with Crippen LogP contribution in [-0.4, -0.2) is 6.71 Å². The predicted molar refractivity (Wildman–Crippen MR) is 273 cm³/mol. The van der Waals surface area contributed by atoms with Crippen molar-refractivity contribution < 1.29 is 0 Å². The summed E-state index contributed by atoms with van der Waals surface area (Å²) in [7, 11) is 0. The van der Waals surface area contributed by atoms with E-state index in [0.717, 1.165) is 12.8 Å². The Morgan fingerprint density at radius 3 is 1.57 bits per heavy atom. The number of aryl methyl sites for hydroxylation is 1. The lowest BCUT2D eigenvalue weighted by Gasteiger charge is -2.45. The summed E-state index contributed by atoms with van der Waals surface area (Å²) in [5.74, 6) is 0. The van der Waals surface area contributed by atoms with Gasteiger partial charge in [-0.2, -0.15) is 0 Å². The molecule has 63 heavy (non-hydrogen) atoms. The summed E-state index contributed by atoms with van der Waals surface area (Å²) in [5, 5.41) is 0. The minimum Gasteiger partial charge on any atom is -0.311 e. The Morgan fingerprint density at radius 2 is 0.952 bits per heavy atom. The summed E-state index contributed by atoms with van der Waals surface area (Å²) in [6.45, 7) is 28.2. The summed E-state index contributed by atoms with van der Waals surface area (Å²) in [6.07, 6.45) is 2.18. The molecule has 0 unspecified atom stereocenters. The van der Waals surface area contributed by atoms with Gasteiger partial charge < -0.3 is 9.80 Å². The van der Waals surface area contributed by atoms with Gasteiger partial charge in [0.25, 0.3) is 6.71 Å². The maximum Gasteiger partial charge on any atom is 0.252 e. The van der Waals surface area contributed by atoms with Gasteiger partial charge in [0.15, 0.2) is 0 Å². The molecule has 0 atom stereocenters. The zero-order chi connectivity index (χ0) is 44.4. The highest BCUT2D eigenvalue weighted by atomic mass is 15.2. The topological polar surface area (TPSA) is 6.48 Å². The van der Waals surface area contributed by atoms with Crippen molar-refractivity contribution in [3.63, 3.8) is 0 Å². The molecule has 7 aromatic rings. The van der Waals surface area contributed by atoms with E-state index >= 15 is 0 Å². The molecule has 0 amide bonds. The molecule has 0 N–H and O–H groups in total. The molecule has 3 heteroatoms. The highest BCUT2D eigenvalue weighted by Crippen LogP contribution is 2.50. The van der Waals surface area contributed by atoms with Gasteiger partial charge in [-0.3, -0.25) is 0 Å². The molecule has 0 bridgehead atoms. The van der Waals surface area contributed by atoms with Gasteiger partial charge in [-0.1, -0.05) is 167 Å². The molecule has 0 spiro atoms. The maximum atomic E-state index is 2.66. The van der Waals surface area contributed by atoms with Gasteiger partial charge in [0.1, 0.15) is 0 Å². The fourth-order valence-corrected chi connectivity index (χ4v) is 10.7. The number of benzene rings is 7. The smallest absolute Gasteiger partial charge is 0.252 e. The maximum absolute atomic E-state index is 2.66. The molecular weight excluding hydrogens is 759 g/mol. The molecule has 2 aliphatic heterocycles. The Bertz CT molecular complexity index is 2920. The summed E-state index contributed by atoms with van der Waals surface area (Å²) in [5.41, 5.74) is 25.2. The van der Waals surface area contributed by atoms with E-state index in [1.165, 1.54) is 106 Å². The van der Waals surface area contributed by atoms with Gasteiger partial charge in [-0.05, 0) is 156 Å². The van der Waals surface area contributed by atoms with Gasteiger partial charge in [0.05, 0.1) is 5.69 Å². The molecule has 0 saturated carbocycles. The average Bonchev–Trinajstić information content (AvgIpc) is 3.54. The van der Waals surface area contributed by atoms with Gasteiger partial charge in [0, 0.05) is 34.0 Å². The number of hydrogen-bond acceptors (Lipinski definition) is 2. The van der Waals surface area contributed by atoms with Gasteiger partial charge >= 0.3 is 0 Å². The third-order valence-corrected chi connectivity index (χ3v) is 14.1. The van der Waals surface area contributed by atoms with Crippen LogP contribution in [0.25, 0.3) is 22.3 Å². The molecule has 7 aromatic carbocycles. The fraction of sp³-hybridized carbons (Fsp3) is 0.300. The summed E-state index contributed by atoms with van der Waals surface area (Å²) in [4.78, 5) is 5.23. The van der Waals surface area contributed by atoms with Crippen molar-refractivity contribution in [1.29, 1.82) is 0 Å². The van der Waals surface area contributed by atoms with E-state index in [9.17, 15) is 0 Å². The number of nitrogens with zero attached hydrogens (tertiary/aromatic N) is 2. The Balaban J connectivity index is 1.27. The van der Waals surface area contributed by atoms with Crippen LogP contribution in [0, 0.1) is 12.3 Å². The first kappa shape index (κ1) is 41.2. The molecule has 0 saturated heterocycles. The fourth-order valence-electron chi connectivity index (χ4n) is 10.7. The monoisotopic (exact) mass is 823 g/mol. The normalized spacial score (nSPS) is 15.2. The second-order valence-electron chi connectivity index (χ2n) is 22.8. The number of anilines is 6. The van der Waals surface area contributed by atoms with Gasteiger partial charge in [-0.15, -0.1) is 0 Å². The van der Waals surface area contributed by atoms with Crippen LogP contribution in [0.1, 0.15) is 110 Å². The Kier molecular flexibility index (Phi) is 9.40. The van der Waals surface area contributed by atoms with Gasteiger partial charge in [-0.25, -0.2) is 0 Å². The lowest BCUT2D eigenvalue weighted by atomic mass is 9.33. The minimum atomic E-state index is -0.0193. The van der Waals surface area contributed by atoms with Crippen molar-refractivity contribution in [3.8, 4) is 22.3 Å². The van der Waals surface area contributed by atoms with Crippen LogP contribution >= 0.6 is 0 Å². The number of rotatable bonds is 4. The van der Waals surface area contributed by atoms with E-state index in [1.54, 1.807) is 0 Å². The average molecular weight is 823 g/mol. The summed E-state index contributed by atoms with van der Waals surface area (Å²) in [6, 6.07) is 54.2. The van der Waals surface area contributed by atoms with Crippen LogP contribution in [0.15, 0.2) is 140 Å². The SMILES string of the molecule is Cc1cc2c3c(c1)N(c1ccc(C(C)(C)C)cc1-c1ccc(-c4ccccc4)cc1)c1cc4c(cc1B3c1cc(C(C)(C)C)ccc1N2c1ccc(C(C)(C)C)cc1)CC(C)(C)C4. The Morgan fingerprint density at radius 1 is 0.444 bits per heavy atom. The molecule has 10 rings (SSSR count). The van der Waals surface area contributed by atoms with E-state index in [2.05, 4.69) is 232 Å². The lowest BCUT2D eigenvalue weighted by molar-refractivity contribution is 0.392. The third kappa shape index (κ3) is 7.13. The van der Waals surface area contributed by atoms with Crippen molar-refractivity contribution in [2.75, 3.05) is 9.80 Å². The van der Waals surface area contributed by atoms with Crippen LogP contribution in [-0.2, 0) is 29.1 Å². The van der Waals surface area contributed by atoms with Crippen molar-refractivity contribution in [1.82, 2.24) is 0 Å². The molecular formula is C60H63BN2. The minimum absolute atomic E-state index is 0.00411. The molecule has 0 fully saturated rings. The highest BCUT2D eigenvalue weighted by Gasteiger charge is 2.45. The standard InChI is InChI=1S/C60H63BN2/c1-38-30-54-56-55(31-38)63(51-28-24-45(58(5,6)7)34-48(51)41-20-18-40(19-21-41)39-16-14-13-15-17-39)53-33-43-37-60(11,12)36-42(43)32-49(53)61(56)50-35-46(59(8,9)10)25-29-52(50)62(54)47-26-22-44(23-27-47)57(2,3)4/h13-35H,36-37H2,1-12H3. The van der Waals surface area contributed by atoms with Crippen molar-refractivity contribution >= 4 is 57.2 Å². The molecule has 2 heterocycles. The first-order valence-corrected chi connectivity index (χ1v) is 23.2. The quantitative estimate of drug-likeness (QED) is 0.163. The van der Waals surface area contributed by atoms with Crippen LogP contribution in [0.4, 0.5) is 34.1 Å². The first-order valence-electron chi connectivity index (χ1n) is 23.2. The molecule has 316 valence electrons. The molecule has 0 aromatic heterocycles.